The molecule has 0 aromatic heterocycles. The monoisotopic (exact) mass is 238 g/mol. The van der Waals surface area contributed by atoms with Crippen LogP contribution < -0.4 is 5.73 Å². The SMILES string of the molecule is NC(=O)C/N=C/c1ccc(-c2ccccc2)cc1. The molecule has 0 aliphatic carbocycles. The van der Waals surface area contributed by atoms with Gasteiger partial charge in [-0.2, -0.15) is 0 Å². The molecule has 3 nitrogen and oxygen atoms in total. The Morgan fingerprint density at radius 2 is 1.61 bits per heavy atom. The van der Waals surface area contributed by atoms with Gasteiger partial charge in [-0.3, -0.25) is 9.79 Å². The Kier molecular flexibility index (Phi) is 3.86. The lowest BCUT2D eigenvalue weighted by Gasteiger charge is -2.01. The van der Waals surface area contributed by atoms with Crippen LogP contribution in [0.5, 0.6) is 0 Å². The average molecular weight is 238 g/mol. The van der Waals surface area contributed by atoms with Crippen molar-refractivity contribution >= 4 is 12.1 Å². The molecule has 0 radical (unpaired) electrons. The Labute approximate surface area is 106 Å². The molecular weight excluding hydrogens is 224 g/mol. The first-order valence-electron chi connectivity index (χ1n) is 5.69. The highest BCUT2D eigenvalue weighted by Gasteiger charge is 1.96. The highest BCUT2D eigenvalue weighted by Crippen LogP contribution is 2.18. The second-order valence-electron chi connectivity index (χ2n) is 3.92. The molecule has 0 spiro atoms. The Balaban J connectivity index is 2.11. The van der Waals surface area contributed by atoms with Crippen molar-refractivity contribution in [1.29, 1.82) is 0 Å². The summed E-state index contributed by atoms with van der Waals surface area (Å²) in [7, 11) is 0. The van der Waals surface area contributed by atoms with E-state index in [1.54, 1.807) is 6.21 Å². The number of nitrogens with two attached hydrogens (primary N) is 1. The first-order valence-corrected chi connectivity index (χ1v) is 5.69. The molecule has 0 fully saturated rings. The minimum absolute atomic E-state index is 0.0282. The summed E-state index contributed by atoms with van der Waals surface area (Å²) in [5.74, 6) is -0.424. The van der Waals surface area contributed by atoms with Gasteiger partial charge in [0.15, 0.2) is 0 Å². The van der Waals surface area contributed by atoms with Crippen LogP contribution in [-0.2, 0) is 4.79 Å². The van der Waals surface area contributed by atoms with E-state index in [2.05, 4.69) is 17.1 Å². The maximum atomic E-state index is 10.5. The topological polar surface area (TPSA) is 55.5 Å². The van der Waals surface area contributed by atoms with E-state index in [-0.39, 0.29) is 6.54 Å². The molecule has 0 saturated heterocycles. The molecule has 18 heavy (non-hydrogen) atoms. The number of hydrogen-bond donors (Lipinski definition) is 1. The lowest BCUT2D eigenvalue weighted by atomic mass is 10.0. The van der Waals surface area contributed by atoms with Gasteiger partial charge in [0, 0.05) is 6.21 Å². The number of carbonyl (C=O) groups is 1. The van der Waals surface area contributed by atoms with Gasteiger partial charge in [-0.15, -0.1) is 0 Å². The fraction of sp³-hybridized carbons (Fsp3) is 0.0667. The van der Waals surface area contributed by atoms with E-state index in [1.807, 2.05) is 42.5 Å². The highest BCUT2D eigenvalue weighted by atomic mass is 16.1. The second kappa shape index (κ2) is 5.77. The lowest BCUT2D eigenvalue weighted by Crippen LogP contribution is -2.13. The molecule has 2 aromatic rings. The van der Waals surface area contributed by atoms with Crippen LogP contribution in [0.25, 0.3) is 11.1 Å². The van der Waals surface area contributed by atoms with Gasteiger partial charge in [0.25, 0.3) is 0 Å². The van der Waals surface area contributed by atoms with E-state index < -0.39 is 5.91 Å². The molecule has 0 bridgehead atoms. The Morgan fingerprint density at radius 3 is 2.22 bits per heavy atom. The van der Waals surface area contributed by atoms with Gasteiger partial charge in [-0.1, -0.05) is 54.6 Å². The van der Waals surface area contributed by atoms with Crippen LogP contribution in [0.3, 0.4) is 0 Å². The normalized spacial score (nSPS) is 10.7. The predicted octanol–water partition coefficient (Wildman–Crippen LogP) is 2.26. The summed E-state index contributed by atoms with van der Waals surface area (Å²) >= 11 is 0. The van der Waals surface area contributed by atoms with E-state index >= 15 is 0 Å². The predicted molar refractivity (Wildman–Crippen MR) is 73.5 cm³/mol. The quantitative estimate of drug-likeness (QED) is 0.816. The van der Waals surface area contributed by atoms with Crippen LogP contribution in [0.2, 0.25) is 0 Å². The largest absolute Gasteiger partial charge is 0.368 e. The first-order chi connectivity index (χ1) is 8.75. The van der Waals surface area contributed by atoms with E-state index in [0.29, 0.717) is 0 Å². The number of rotatable bonds is 4. The molecule has 0 unspecified atom stereocenters. The Bertz CT molecular complexity index is 544. The summed E-state index contributed by atoms with van der Waals surface area (Å²) in [5.41, 5.74) is 8.29. The van der Waals surface area contributed by atoms with Crippen molar-refractivity contribution in [3.05, 3.63) is 60.2 Å². The van der Waals surface area contributed by atoms with Crippen LogP contribution in [0.15, 0.2) is 59.6 Å². The number of nitrogens with zero attached hydrogens (tertiary/aromatic N) is 1. The third kappa shape index (κ3) is 3.28. The molecule has 1 amide bonds. The number of carbonyl (C=O) groups excluding carboxylic acids is 1. The van der Waals surface area contributed by atoms with Crippen molar-refractivity contribution in [1.82, 2.24) is 0 Å². The third-order valence-electron chi connectivity index (χ3n) is 2.51. The molecule has 2 rings (SSSR count). The fourth-order valence-electron chi connectivity index (χ4n) is 1.63. The number of aliphatic imine (C=N–C) groups is 1. The average Bonchev–Trinajstić information content (AvgIpc) is 2.40. The van der Waals surface area contributed by atoms with Crippen LogP contribution in [-0.4, -0.2) is 18.7 Å². The molecule has 0 atom stereocenters. The summed E-state index contributed by atoms with van der Waals surface area (Å²) in [5, 5.41) is 0. The number of hydrogen-bond acceptors (Lipinski definition) is 2. The molecule has 0 aliphatic rings. The summed E-state index contributed by atoms with van der Waals surface area (Å²) in [4.78, 5) is 14.5. The van der Waals surface area contributed by atoms with Gasteiger partial charge in [0.2, 0.25) is 5.91 Å². The fourth-order valence-corrected chi connectivity index (χ4v) is 1.63. The minimum Gasteiger partial charge on any atom is -0.368 e. The minimum atomic E-state index is -0.424. The molecule has 2 N–H and O–H groups in total. The first kappa shape index (κ1) is 12.0. The van der Waals surface area contributed by atoms with Crippen molar-refractivity contribution in [3.8, 4) is 11.1 Å². The number of amides is 1. The van der Waals surface area contributed by atoms with Crippen LogP contribution in [0.4, 0.5) is 0 Å². The smallest absolute Gasteiger partial charge is 0.239 e. The van der Waals surface area contributed by atoms with E-state index in [9.17, 15) is 4.79 Å². The number of primary amides is 1. The van der Waals surface area contributed by atoms with Crippen LogP contribution >= 0.6 is 0 Å². The van der Waals surface area contributed by atoms with E-state index in [0.717, 1.165) is 11.1 Å². The van der Waals surface area contributed by atoms with Crippen molar-refractivity contribution in [2.45, 2.75) is 0 Å². The number of benzene rings is 2. The summed E-state index contributed by atoms with van der Waals surface area (Å²) in [6.45, 7) is 0.0282. The van der Waals surface area contributed by atoms with Crippen molar-refractivity contribution in [2.24, 2.45) is 10.7 Å². The van der Waals surface area contributed by atoms with Gasteiger partial charge in [0.05, 0.1) is 0 Å². The van der Waals surface area contributed by atoms with E-state index in [4.69, 9.17) is 5.73 Å². The molecule has 0 heterocycles. The zero-order valence-electron chi connectivity index (χ0n) is 9.91. The third-order valence-corrected chi connectivity index (χ3v) is 2.51. The van der Waals surface area contributed by atoms with Gasteiger partial charge in [0.1, 0.15) is 6.54 Å². The molecule has 2 aromatic carbocycles. The maximum absolute atomic E-state index is 10.5. The Morgan fingerprint density at radius 1 is 1.00 bits per heavy atom. The van der Waals surface area contributed by atoms with E-state index in [1.165, 1.54) is 5.56 Å². The zero-order valence-corrected chi connectivity index (χ0v) is 9.91. The van der Waals surface area contributed by atoms with Gasteiger partial charge in [-0.25, -0.2) is 0 Å². The summed E-state index contributed by atoms with van der Waals surface area (Å²) in [6, 6.07) is 18.1. The second-order valence-corrected chi connectivity index (χ2v) is 3.92. The standard InChI is InChI=1S/C15H14N2O/c16-15(18)11-17-10-12-6-8-14(9-7-12)13-4-2-1-3-5-13/h1-10H,11H2,(H2,16,18)/b17-10+. The van der Waals surface area contributed by atoms with Gasteiger partial charge >= 0.3 is 0 Å². The summed E-state index contributed by atoms with van der Waals surface area (Å²) in [6.07, 6.45) is 1.65. The molecule has 0 saturated carbocycles. The highest BCUT2D eigenvalue weighted by molar-refractivity contribution is 5.84. The van der Waals surface area contributed by atoms with Crippen molar-refractivity contribution < 1.29 is 4.79 Å². The lowest BCUT2D eigenvalue weighted by molar-refractivity contribution is -0.116. The summed E-state index contributed by atoms with van der Waals surface area (Å²) < 4.78 is 0. The van der Waals surface area contributed by atoms with Crippen molar-refractivity contribution in [2.75, 3.05) is 6.54 Å². The molecule has 90 valence electrons. The Hall–Kier alpha value is -2.42. The maximum Gasteiger partial charge on any atom is 0.239 e. The molecule has 0 aliphatic heterocycles. The molecular formula is C15H14N2O. The van der Waals surface area contributed by atoms with Gasteiger partial charge in [-0.05, 0) is 16.7 Å². The zero-order chi connectivity index (χ0) is 12.8. The van der Waals surface area contributed by atoms with Crippen LogP contribution in [0, 0.1) is 0 Å². The van der Waals surface area contributed by atoms with Crippen LogP contribution in [0.1, 0.15) is 5.56 Å². The van der Waals surface area contributed by atoms with Crippen molar-refractivity contribution in [3.63, 3.8) is 0 Å². The van der Waals surface area contributed by atoms with Gasteiger partial charge < -0.3 is 5.73 Å². The molecule has 3 heteroatoms.